The van der Waals surface area contributed by atoms with Gasteiger partial charge in [-0.1, -0.05) is 17.7 Å². The predicted molar refractivity (Wildman–Crippen MR) is 118 cm³/mol. The third-order valence-corrected chi connectivity index (χ3v) is 4.18. The van der Waals surface area contributed by atoms with E-state index in [1.807, 2.05) is 0 Å². The number of nitro benzene ring substituents is 2. The molecule has 11 heteroatoms. The molecule has 152 valence electrons. The van der Waals surface area contributed by atoms with E-state index in [2.05, 4.69) is 10.6 Å². The monoisotopic (exact) mass is 444 g/mol. The molecule has 0 heterocycles. The number of nitrogens with zero attached hydrogens (tertiary/aromatic N) is 2. The number of rotatable bonds is 6. The van der Waals surface area contributed by atoms with Crippen molar-refractivity contribution >= 4 is 51.7 Å². The summed E-state index contributed by atoms with van der Waals surface area (Å²) in [5, 5.41) is 28.4. The summed E-state index contributed by atoms with van der Waals surface area (Å²) in [7, 11) is 0. The summed E-state index contributed by atoms with van der Waals surface area (Å²) in [4.78, 5) is 21.1. The maximum atomic E-state index is 11.3. The molecule has 0 atom stereocenters. The van der Waals surface area contributed by atoms with E-state index in [9.17, 15) is 20.2 Å². The van der Waals surface area contributed by atoms with Gasteiger partial charge in [0.25, 0.3) is 11.4 Å². The van der Waals surface area contributed by atoms with E-state index in [4.69, 9.17) is 28.6 Å². The van der Waals surface area contributed by atoms with Crippen LogP contribution in [0.2, 0.25) is 5.02 Å². The number of halogens is 1. The van der Waals surface area contributed by atoms with Crippen LogP contribution in [0.1, 0.15) is 0 Å². The van der Waals surface area contributed by atoms with Crippen LogP contribution in [-0.2, 0) is 0 Å². The van der Waals surface area contributed by atoms with Gasteiger partial charge in [-0.05, 0) is 42.5 Å². The Balaban J connectivity index is 1.78. The molecule has 0 unspecified atom stereocenters. The zero-order valence-electron chi connectivity index (χ0n) is 15.1. The first-order valence-electron chi connectivity index (χ1n) is 8.35. The van der Waals surface area contributed by atoms with Crippen LogP contribution in [0.5, 0.6) is 11.5 Å². The third-order valence-electron chi connectivity index (χ3n) is 3.72. The highest BCUT2D eigenvalue weighted by atomic mass is 35.5. The van der Waals surface area contributed by atoms with Crippen LogP contribution in [0.3, 0.4) is 0 Å². The van der Waals surface area contributed by atoms with Gasteiger partial charge in [0.1, 0.15) is 11.5 Å². The van der Waals surface area contributed by atoms with Crippen molar-refractivity contribution in [3.8, 4) is 11.5 Å². The Hall–Kier alpha value is -3.76. The van der Waals surface area contributed by atoms with Crippen LogP contribution in [0.4, 0.5) is 22.7 Å². The van der Waals surface area contributed by atoms with Crippen molar-refractivity contribution in [2.75, 3.05) is 10.6 Å². The predicted octanol–water partition coefficient (Wildman–Crippen LogP) is 5.76. The first-order valence-corrected chi connectivity index (χ1v) is 9.14. The fourth-order valence-electron chi connectivity index (χ4n) is 2.45. The summed E-state index contributed by atoms with van der Waals surface area (Å²) in [5.74, 6) is 0.662. The number of hydrogen-bond acceptors (Lipinski definition) is 6. The number of hydrogen-bond donors (Lipinski definition) is 2. The molecular formula is C19H13ClN4O5S. The highest BCUT2D eigenvalue weighted by molar-refractivity contribution is 7.80. The summed E-state index contributed by atoms with van der Waals surface area (Å²) in [5.41, 5.74) is 0.389. The molecule has 0 bridgehead atoms. The average molecular weight is 445 g/mol. The minimum Gasteiger partial charge on any atom is -0.457 e. The molecule has 0 aromatic heterocycles. The molecule has 0 saturated heterocycles. The first-order chi connectivity index (χ1) is 14.3. The van der Waals surface area contributed by atoms with Gasteiger partial charge in [0.15, 0.2) is 5.11 Å². The lowest BCUT2D eigenvalue weighted by Crippen LogP contribution is -2.19. The Morgan fingerprint density at radius 1 is 0.833 bits per heavy atom. The minimum atomic E-state index is -0.559. The smallest absolute Gasteiger partial charge is 0.275 e. The number of anilines is 2. The van der Waals surface area contributed by atoms with Crippen molar-refractivity contribution in [3.63, 3.8) is 0 Å². The number of thiocarbonyl (C=S) groups is 1. The van der Waals surface area contributed by atoms with E-state index in [0.29, 0.717) is 22.1 Å². The van der Waals surface area contributed by atoms with E-state index in [-0.39, 0.29) is 22.2 Å². The van der Waals surface area contributed by atoms with E-state index < -0.39 is 9.85 Å². The van der Waals surface area contributed by atoms with Crippen LogP contribution in [0.25, 0.3) is 0 Å². The van der Waals surface area contributed by atoms with Gasteiger partial charge >= 0.3 is 0 Å². The van der Waals surface area contributed by atoms with Crippen molar-refractivity contribution in [1.29, 1.82) is 0 Å². The SMILES string of the molecule is O=[N+]([O-])c1cccc(NC(=S)Nc2cc(Oc3ccc(Cl)cc3)cc([N+](=O)[O-])c2)c1. The van der Waals surface area contributed by atoms with Crippen LogP contribution in [-0.4, -0.2) is 15.0 Å². The number of nitro groups is 2. The standard InChI is InChI=1S/C19H13ClN4O5S/c20-12-4-6-17(7-5-12)29-18-10-14(9-16(11-18)24(27)28)22-19(30)21-13-2-1-3-15(8-13)23(25)26/h1-11H,(H2,21,22,30). The van der Waals surface area contributed by atoms with Crippen molar-refractivity contribution in [2.24, 2.45) is 0 Å². The molecule has 2 N–H and O–H groups in total. The van der Waals surface area contributed by atoms with Gasteiger partial charge in [-0.15, -0.1) is 0 Å². The maximum absolute atomic E-state index is 11.3. The van der Waals surface area contributed by atoms with Gasteiger partial charge in [-0.3, -0.25) is 20.2 Å². The lowest BCUT2D eigenvalue weighted by molar-refractivity contribution is -0.385. The van der Waals surface area contributed by atoms with E-state index in [1.54, 1.807) is 30.3 Å². The molecule has 9 nitrogen and oxygen atoms in total. The summed E-state index contributed by atoms with van der Waals surface area (Å²) < 4.78 is 5.67. The van der Waals surface area contributed by atoms with Gasteiger partial charge in [0, 0.05) is 35.0 Å². The summed E-state index contributed by atoms with van der Waals surface area (Å²) >= 11 is 11.0. The highest BCUT2D eigenvalue weighted by Gasteiger charge is 2.13. The molecule has 0 aliphatic heterocycles. The van der Waals surface area contributed by atoms with E-state index >= 15 is 0 Å². The minimum absolute atomic E-state index is 0.0911. The van der Waals surface area contributed by atoms with E-state index in [1.165, 1.54) is 36.4 Å². The number of benzene rings is 3. The molecule has 0 saturated carbocycles. The molecular weight excluding hydrogens is 432 g/mol. The Kier molecular flexibility index (Phi) is 6.40. The quantitative estimate of drug-likeness (QED) is 0.280. The van der Waals surface area contributed by atoms with Crippen molar-refractivity contribution in [1.82, 2.24) is 0 Å². The van der Waals surface area contributed by atoms with Gasteiger partial charge in [-0.25, -0.2) is 0 Å². The number of nitrogens with one attached hydrogen (secondary N) is 2. The van der Waals surface area contributed by atoms with Gasteiger partial charge in [-0.2, -0.15) is 0 Å². The Labute approximate surface area is 180 Å². The summed E-state index contributed by atoms with van der Waals surface area (Å²) in [6.45, 7) is 0. The highest BCUT2D eigenvalue weighted by Crippen LogP contribution is 2.30. The molecule has 0 amide bonds. The lowest BCUT2D eigenvalue weighted by atomic mass is 10.2. The summed E-state index contributed by atoms with van der Waals surface area (Å²) in [6.07, 6.45) is 0. The molecule has 0 aliphatic carbocycles. The largest absolute Gasteiger partial charge is 0.457 e. The first kappa shape index (κ1) is 21.0. The average Bonchev–Trinajstić information content (AvgIpc) is 2.69. The molecule has 3 aromatic carbocycles. The second kappa shape index (κ2) is 9.16. The van der Waals surface area contributed by atoms with Crippen molar-refractivity contribution in [2.45, 2.75) is 0 Å². The van der Waals surface area contributed by atoms with Gasteiger partial charge in [0.2, 0.25) is 0 Å². The molecule has 30 heavy (non-hydrogen) atoms. The van der Waals surface area contributed by atoms with E-state index in [0.717, 1.165) is 0 Å². The molecule has 3 aromatic rings. The van der Waals surface area contributed by atoms with Crippen molar-refractivity contribution in [3.05, 3.63) is 92.0 Å². The topological polar surface area (TPSA) is 120 Å². The van der Waals surface area contributed by atoms with Crippen LogP contribution in [0.15, 0.2) is 66.7 Å². The zero-order chi connectivity index (χ0) is 21.7. The second-order valence-corrected chi connectivity index (χ2v) is 6.76. The lowest BCUT2D eigenvalue weighted by Gasteiger charge is -2.12. The fourth-order valence-corrected chi connectivity index (χ4v) is 2.81. The maximum Gasteiger partial charge on any atom is 0.275 e. The molecule has 0 radical (unpaired) electrons. The molecule has 3 rings (SSSR count). The van der Waals surface area contributed by atoms with Gasteiger partial charge in [0.05, 0.1) is 21.6 Å². The Morgan fingerprint density at radius 3 is 2.13 bits per heavy atom. The molecule has 0 spiro atoms. The summed E-state index contributed by atoms with van der Waals surface area (Å²) in [6, 6.07) is 16.4. The Bertz CT molecular complexity index is 1120. The van der Waals surface area contributed by atoms with Crippen molar-refractivity contribution < 1.29 is 14.6 Å². The fraction of sp³-hybridized carbons (Fsp3) is 0. The van der Waals surface area contributed by atoms with Gasteiger partial charge < -0.3 is 15.4 Å². The number of ether oxygens (including phenoxy) is 1. The zero-order valence-corrected chi connectivity index (χ0v) is 16.6. The second-order valence-electron chi connectivity index (χ2n) is 5.92. The normalized spacial score (nSPS) is 10.2. The van der Waals surface area contributed by atoms with Crippen LogP contribution >= 0.6 is 23.8 Å². The van der Waals surface area contributed by atoms with Crippen LogP contribution < -0.4 is 15.4 Å². The molecule has 0 fully saturated rings. The number of non-ortho nitro benzene ring substituents is 2. The molecule has 0 aliphatic rings. The third kappa shape index (κ3) is 5.63. The van der Waals surface area contributed by atoms with Crippen LogP contribution in [0, 0.1) is 20.2 Å². The Morgan fingerprint density at radius 2 is 1.47 bits per heavy atom.